The molecule has 0 saturated heterocycles. The maximum atomic E-state index is 12.7. The van der Waals surface area contributed by atoms with Gasteiger partial charge in [-0.1, -0.05) is 130 Å². The molecular weight excluding hydrogens is 889 g/mol. The van der Waals surface area contributed by atoms with E-state index in [2.05, 4.69) is 126 Å². The van der Waals surface area contributed by atoms with Crippen molar-refractivity contribution in [1.29, 1.82) is 0 Å². The first-order valence-electron chi connectivity index (χ1n) is 20.1. The molecule has 6 rings (SSSR count). The number of fused-ring (bicyclic) bond motifs is 3. The van der Waals surface area contributed by atoms with Gasteiger partial charge in [-0.3, -0.25) is 6.08 Å². The standard InChI is InChI=1S/C23H29.C15H8F6.C13H21.2ClH.Zr/c1-14-9-16-11-17-10-15(2)21(23(6,7)8)13-19(17)18(16)12-20(14)22(3,4)5;16-14(17,18)12-5-1-3-10(8-12)7-11-4-2-6-13(9-11)15(19,20)21;1-5-6-7-11-8-9-12(10-11)13(2,3)4;;;/h9,12-13H,11H2,1-8H3;1-6,8-9H;9-11H,5-7H2,1-4H3;2*1H;/q-1;;-1;;;+2/p-2. The molecule has 1 atom stereocenters. The van der Waals surface area contributed by atoms with Crippen molar-refractivity contribution in [2.75, 3.05) is 0 Å². The Morgan fingerprint density at radius 3 is 1.62 bits per heavy atom. The van der Waals surface area contributed by atoms with E-state index in [0.29, 0.717) is 14.5 Å². The average Bonchev–Trinajstić information content (AvgIpc) is 3.73. The summed E-state index contributed by atoms with van der Waals surface area (Å²) in [5, 5.41) is 0. The molecule has 4 aromatic rings. The zero-order chi connectivity index (χ0) is 43.6. The van der Waals surface area contributed by atoms with E-state index < -0.39 is 23.5 Å². The van der Waals surface area contributed by atoms with Crippen LogP contribution < -0.4 is 24.8 Å². The van der Waals surface area contributed by atoms with Gasteiger partial charge in [0.15, 0.2) is 0 Å². The average molecular weight is 947 g/mol. The molecule has 0 saturated carbocycles. The maximum Gasteiger partial charge on any atom is -1.00 e. The first-order valence-corrected chi connectivity index (χ1v) is 21.3. The van der Waals surface area contributed by atoms with Crippen LogP contribution in [0.4, 0.5) is 26.3 Å². The maximum absolute atomic E-state index is 12.7. The van der Waals surface area contributed by atoms with Crippen LogP contribution in [0, 0.1) is 37.3 Å². The van der Waals surface area contributed by atoms with Gasteiger partial charge in [0.1, 0.15) is 0 Å². The number of rotatable bonds is 5. The molecular formula is C51H58Cl2F6Zr-2. The third kappa shape index (κ3) is 13.9. The molecule has 0 aliphatic heterocycles. The fourth-order valence-electron chi connectivity index (χ4n) is 7.46. The van der Waals surface area contributed by atoms with E-state index >= 15 is 0 Å². The second-order valence-corrected chi connectivity index (χ2v) is 19.9. The van der Waals surface area contributed by atoms with Crippen LogP contribution in [0.1, 0.15) is 144 Å². The molecule has 0 heterocycles. The van der Waals surface area contributed by atoms with Crippen molar-refractivity contribution < 1.29 is 75.4 Å². The van der Waals surface area contributed by atoms with Gasteiger partial charge in [-0.05, 0) is 35.4 Å². The molecule has 2 aliphatic rings. The SMILES string of the molecule is CCCCC1[C-]=CC(C(C)(C)C)=C1.Cc1[c-]c2c(cc1C(C)(C)C)-c1cc(C(C)(C)C)c(C)cc1C2.FC(F)(F)c1cccc([C](=[Zr+2])c2cccc(C(F)(F)F)c2)c1.[Cl-].[Cl-]. The molecule has 324 valence electrons. The van der Waals surface area contributed by atoms with Crippen LogP contribution in [0.15, 0.2) is 84.5 Å². The Balaban J connectivity index is 0.000000317. The second-order valence-electron chi connectivity index (χ2n) is 18.7. The first kappa shape index (κ1) is 53.4. The van der Waals surface area contributed by atoms with Gasteiger partial charge in [0, 0.05) is 0 Å². The van der Waals surface area contributed by atoms with Crippen LogP contribution in [-0.4, -0.2) is 3.21 Å². The molecule has 9 heteroatoms. The smallest absolute Gasteiger partial charge is 1.00 e. The van der Waals surface area contributed by atoms with E-state index in [1.54, 1.807) is 0 Å². The van der Waals surface area contributed by atoms with Crippen LogP contribution in [0.3, 0.4) is 0 Å². The van der Waals surface area contributed by atoms with Crippen LogP contribution >= 0.6 is 0 Å². The number of hydrogen-bond acceptors (Lipinski definition) is 0. The predicted molar refractivity (Wildman–Crippen MR) is 225 cm³/mol. The van der Waals surface area contributed by atoms with E-state index in [1.165, 1.54) is 93.6 Å². The van der Waals surface area contributed by atoms with Gasteiger partial charge in [-0.25, -0.2) is 6.08 Å². The molecule has 0 amide bonds. The van der Waals surface area contributed by atoms with Gasteiger partial charge in [0.2, 0.25) is 0 Å². The molecule has 4 aromatic carbocycles. The summed E-state index contributed by atoms with van der Waals surface area (Å²) < 4.78 is 76.7. The molecule has 0 spiro atoms. The van der Waals surface area contributed by atoms with Crippen molar-refractivity contribution in [1.82, 2.24) is 0 Å². The van der Waals surface area contributed by atoms with Gasteiger partial charge in [0.05, 0.1) is 0 Å². The monoisotopic (exact) mass is 944 g/mol. The Morgan fingerprint density at radius 2 is 1.18 bits per heavy atom. The molecule has 0 aromatic heterocycles. The fraction of sp³-hybridized carbons (Fsp3) is 0.431. The van der Waals surface area contributed by atoms with E-state index in [4.69, 9.17) is 0 Å². The third-order valence-corrected chi connectivity index (χ3v) is 12.0. The van der Waals surface area contributed by atoms with E-state index in [9.17, 15) is 26.3 Å². The van der Waals surface area contributed by atoms with Gasteiger partial charge >= 0.3 is 137 Å². The summed E-state index contributed by atoms with van der Waals surface area (Å²) >= 11 is 0.729. The van der Waals surface area contributed by atoms with Crippen molar-refractivity contribution in [3.63, 3.8) is 0 Å². The molecule has 2 aliphatic carbocycles. The fourth-order valence-corrected chi connectivity index (χ4v) is 8.22. The molecule has 0 fully saturated rings. The Labute approximate surface area is 382 Å². The van der Waals surface area contributed by atoms with Gasteiger partial charge < -0.3 is 24.8 Å². The van der Waals surface area contributed by atoms with Gasteiger partial charge in [-0.15, -0.1) is 16.7 Å². The zero-order valence-corrected chi connectivity index (χ0v) is 40.9. The summed E-state index contributed by atoms with van der Waals surface area (Å²) in [5.74, 6) is 0.592. The van der Waals surface area contributed by atoms with Crippen molar-refractivity contribution in [2.45, 2.75) is 132 Å². The molecule has 0 radical (unpaired) electrons. The summed E-state index contributed by atoms with van der Waals surface area (Å²) in [6.45, 7) is 27.3. The van der Waals surface area contributed by atoms with E-state index in [0.717, 1.165) is 54.9 Å². The van der Waals surface area contributed by atoms with Crippen molar-refractivity contribution in [3.8, 4) is 11.1 Å². The number of allylic oxidation sites excluding steroid dienone is 4. The second kappa shape index (κ2) is 20.6. The van der Waals surface area contributed by atoms with Crippen LogP contribution in [0.5, 0.6) is 0 Å². The zero-order valence-electron chi connectivity index (χ0n) is 36.9. The van der Waals surface area contributed by atoms with E-state index in [1.807, 2.05) is 0 Å². The summed E-state index contributed by atoms with van der Waals surface area (Å²) in [4.78, 5) is 0. The Hall–Kier alpha value is -2.73. The predicted octanol–water partition coefficient (Wildman–Crippen LogP) is 9.26. The third-order valence-electron chi connectivity index (χ3n) is 10.6. The van der Waals surface area contributed by atoms with E-state index in [-0.39, 0.29) is 46.8 Å². The van der Waals surface area contributed by atoms with Gasteiger partial charge in [0.25, 0.3) is 0 Å². The Morgan fingerprint density at radius 1 is 0.683 bits per heavy atom. The number of hydrogen-bond donors (Lipinski definition) is 0. The molecule has 60 heavy (non-hydrogen) atoms. The van der Waals surface area contributed by atoms with Crippen molar-refractivity contribution >= 4 is 3.21 Å². The summed E-state index contributed by atoms with van der Waals surface area (Å²) in [6, 6.07) is 20.1. The minimum Gasteiger partial charge on any atom is -1.00 e. The normalized spacial score (nSPS) is 14.7. The van der Waals surface area contributed by atoms with Gasteiger partial charge in [-0.2, -0.15) is 29.3 Å². The molecule has 0 bridgehead atoms. The largest absolute Gasteiger partial charge is 1.00 e. The number of aryl methyl sites for hydroxylation is 2. The van der Waals surface area contributed by atoms with Crippen LogP contribution in [0.2, 0.25) is 0 Å². The number of unbranched alkanes of at least 4 members (excludes halogenated alkanes) is 1. The van der Waals surface area contributed by atoms with Crippen molar-refractivity contribution in [2.24, 2.45) is 11.3 Å². The Bertz CT molecular complexity index is 2040. The summed E-state index contributed by atoms with van der Waals surface area (Å²) in [5.41, 5.74) is 12.3. The number of alkyl halides is 6. The minimum absolute atomic E-state index is 0. The summed E-state index contributed by atoms with van der Waals surface area (Å²) in [6.07, 6.45) is 3.93. The number of benzene rings is 4. The molecule has 1 unspecified atom stereocenters. The molecule has 0 N–H and O–H groups in total. The quantitative estimate of drug-likeness (QED) is 0.122. The molecule has 0 nitrogen and oxygen atoms in total. The minimum atomic E-state index is -4.49. The summed E-state index contributed by atoms with van der Waals surface area (Å²) in [7, 11) is 0. The Kier molecular flexibility index (Phi) is 18.4. The van der Waals surface area contributed by atoms with Crippen LogP contribution in [-0.2, 0) is 53.8 Å². The first-order chi connectivity index (χ1) is 26.6. The topological polar surface area (TPSA) is 0 Å². The van der Waals surface area contributed by atoms with Crippen molar-refractivity contribution in [3.05, 3.63) is 152 Å². The number of halogens is 8. The van der Waals surface area contributed by atoms with Crippen LogP contribution in [0.25, 0.3) is 11.1 Å².